The fourth-order valence-corrected chi connectivity index (χ4v) is 10.9. The van der Waals surface area contributed by atoms with Gasteiger partial charge in [0.2, 0.25) is 0 Å². The SMILES string of the molecule is [C-]#[N+]c1ccc2c(c1)c1cc(-c3ccc(C(C)(C)C)cc3)ccc1n2-c1c(-c2ccccc2)cc(-c2nc(-c3ccc(-c4ccccc4)cc3)nc(-c3cc(-c4ccccc4)cc(-c4ccccc4)c3)n2)cc1-c1ccccc1. The number of fused-ring (bicyclic) bond motifs is 3. The van der Waals surface area contributed by atoms with Gasteiger partial charge in [0.05, 0.1) is 23.3 Å². The first-order valence-electron chi connectivity index (χ1n) is 26.8. The second-order valence-corrected chi connectivity index (χ2v) is 21.1. The molecule has 0 bridgehead atoms. The lowest BCUT2D eigenvalue weighted by Gasteiger charge is -2.21. The predicted molar refractivity (Wildman–Crippen MR) is 328 cm³/mol. The van der Waals surface area contributed by atoms with Crippen molar-refractivity contribution < 1.29 is 0 Å². The molecule has 5 heteroatoms. The Morgan fingerprint density at radius 3 is 1.15 bits per heavy atom. The van der Waals surface area contributed by atoms with Gasteiger partial charge in [-0.3, -0.25) is 0 Å². The molecule has 0 N–H and O–H groups in total. The zero-order chi connectivity index (χ0) is 53.5. The molecule has 0 saturated heterocycles. The highest BCUT2D eigenvalue weighted by Crippen LogP contribution is 2.45. The van der Waals surface area contributed by atoms with Gasteiger partial charge in [-0.2, -0.15) is 0 Å². The van der Waals surface area contributed by atoms with Crippen LogP contribution in [0.25, 0.3) is 133 Å². The zero-order valence-electron chi connectivity index (χ0n) is 44.1. The Bertz CT molecular complexity index is 4280. The van der Waals surface area contributed by atoms with Gasteiger partial charge in [-0.1, -0.05) is 233 Å². The molecule has 2 aromatic heterocycles. The Labute approximate surface area is 461 Å². The normalized spacial score (nSPS) is 11.5. The van der Waals surface area contributed by atoms with Gasteiger partial charge in [-0.25, -0.2) is 19.8 Å². The van der Waals surface area contributed by atoms with E-state index in [1.807, 2.05) is 30.3 Å². The van der Waals surface area contributed by atoms with Crippen molar-refractivity contribution in [3.8, 4) is 107 Å². The third-order valence-electron chi connectivity index (χ3n) is 15.0. The van der Waals surface area contributed by atoms with Gasteiger partial charge in [-0.15, -0.1) is 0 Å². The van der Waals surface area contributed by atoms with Gasteiger partial charge in [0, 0.05) is 33.2 Å². The smallest absolute Gasteiger partial charge is 0.188 e. The molecule has 0 atom stereocenters. The van der Waals surface area contributed by atoms with Crippen LogP contribution < -0.4 is 0 Å². The van der Waals surface area contributed by atoms with Gasteiger partial charge >= 0.3 is 0 Å². The van der Waals surface area contributed by atoms with Crippen LogP contribution in [0.1, 0.15) is 26.3 Å². The van der Waals surface area contributed by atoms with Crippen LogP contribution in [-0.2, 0) is 5.41 Å². The molecule has 13 rings (SSSR count). The van der Waals surface area contributed by atoms with Crippen molar-refractivity contribution in [2.75, 3.05) is 0 Å². The second kappa shape index (κ2) is 20.3. The number of nitrogens with zero attached hydrogens (tertiary/aromatic N) is 5. The number of aromatic nitrogens is 4. The second-order valence-electron chi connectivity index (χ2n) is 21.1. The van der Waals surface area contributed by atoms with Crippen molar-refractivity contribution in [1.82, 2.24) is 19.5 Å². The quantitative estimate of drug-likeness (QED) is 0.128. The van der Waals surface area contributed by atoms with Crippen molar-refractivity contribution >= 4 is 27.5 Å². The number of rotatable bonds is 10. The first-order valence-corrected chi connectivity index (χ1v) is 26.8. The Hall–Kier alpha value is -10.3. The third-order valence-corrected chi connectivity index (χ3v) is 15.0. The highest BCUT2D eigenvalue weighted by Gasteiger charge is 2.24. The standard InChI is InChI=1S/C74H53N5/c1-74(2,3)62-37-34-53(35-38-62)57-36-40-68-66(45-57)67-48-63(75-4)39-41-69(67)79(68)70-64(54-26-16-8-17-27-54)46-61(47-65(70)55-28-18-9-19-29-55)73-77-71(56-32-30-52(31-33-56)49-20-10-5-11-21-49)76-72(78-73)60-43-58(50-22-12-6-13-23-50)42-59(44-60)51-24-14-7-15-25-51/h5-48H,1-3H3. The summed E-state index contributed by atoms with van der Waals surface area (Å²) in [6, 6.07) is 94.2. The van der Waals surface area contributed by atoms with Gasteiger partial charge in [-0.05, 0) is 127 Å². The Morgan fingerprint density at radius 2 is 0.671 bits per heavy atom. The molecule has 0 amide bonds. The maximum Gasteiger partial charge on any atom is 0.188 e. The molecular formula is C74H53N5. The number of hydrogen-bond donors (Lipinski definition) is 0. The van der Waals surface area contributed by atoms with Crippen molar-refractivity contribution in [1.29, 1.82) is 0 Å². The summed E-state index contributed by atoms with van der Waals surface area (Å²) in [5.74, 6) is 1.68. The van der Waals surface area contributed by atoms with E-state index in [9.17, 15) is 0 Å². The van der Waals surface area contributed by atoms with Gasteiger partial charge < -0.3 is 4.57 Å². The molecule has 0 radical (unpaired) electrons. The molecule has 0 aliphatic carbocycles. The maximum atomic E-state index is 8.13. The van der Waals surface area contributed by atoms with Crippen LogP contribution in [0.15, 0.2) is 267 Å². The average Bonchev–Trinajstić information content (AvgIpc) is 4.06. The molecule has 5 nitrogen and oxygen atoms in total. The molecule has 13 aromatic rings. The predicted octanol–water partition coefficient (Wildman–Crippen LogP) is 19.8. The van der Waals surface area contributed by atoms with E-state index in [1.165, 1.54) is 5.56 Å². The molecule has 2 heterocycles. The molecule has 0 fully saturated rings. The summed E-state index contributed by atoms with van der Waals surface area (Å²) in [6.07, 6.45) is 0. The van der Waals surface area contributed by atoms with E-state index in [1.54, 1.807) is 0 Å². The molecule has 79 heavy (non-hydrogen) atoms. The molecule has 11 aromatic carbocycles. The van der Waals surface area contributed by atoms with Crippen LogP contribution >= 0.6 is 0 Å². The largest absolute Gasteiger partial charge is 0.308 e. The summed E-state index contributed by atoms with van der Waals surface area (Å²) >= 11 is 0. The summed E-state index contributed by atoms with van der Waals surface area (Å²) in [5, 5.41) is 2.08. The van der Waals surface area contributed by atoms with E-state index in [2.05, 4.69) is 267 Å². The Morgan fingerprint density at radius 1 is 0.316 bits per heavy atom. The van der Waals surface area contributed by atoms with Crippen LogP contribution in [0.5, 0.6) is 0 Å². The minimum Gasteiger partial charge on any atom is -0.308 e. The lowest BCUT2D eigenvalue weighted by Crippen LogP contribution is -2.10. The van der Waals surface area contributed by atoms with Gasteiger partial charge in [0.25, 0.3) is 0 Å². The first-order chi connectivity index (χ1) is 38.7. The van der Waals surface area contributed by atoms with Crippen molar-refractivity contribution in [3.63, 3.8) is 0 Å². The lowest BCUT2D eigenvalue weighted by atomic mass is 9.86. The Balaban J connectivity index is 1.07. The van der Waals surface area contributed by atoms with E-state index in [-0.39, 0.29) is 5.41 Å². The van der Waals surface area contributed by atoms with E-state index in [0.717, 1.165) is 111 Å². The molecule has 0 unspecified atom stereocenters. The highest BCUT2D eigenvalue weighted by atomic mass is 15.0. The van der Waals surface area contributed by atoms with Crippen LogP contribution in [0.4, 0.5) is 5.69 Å². The van der Waals surface area contributed by atoms with E-state index >= 15 is 0 Å². The lowest BCUT2D eigenvalue weighted by molar-refractivity contribution is 0.590. The van der Waals surface area contributed by atoms with Crippen LogP contribution in [0, 0.1) is 6.57 Å². The molecule has 0 spiro atoms. The minimum atomic E-state index is 0.0405. The van der Waals surface area contributed by atoms with E-state index in [0.29, 0.717) is 23.2 Å². The summed E-state index contributed by atoms with van der Waals surface area (Å²) in [7, 11) is 0. The average molecular weight is 1010 g/mol. The molecular weight excluding hydrogens is 959 g/mol. The third kappa shape index (κ3) is 9.47. The zero-order valence-corrected chi connectivity index (χ0v) is 44.1. The van der Waals surface area contributed by atoms with Crippen LogP contribution in [-0.4, -0.2) is 19.5 Å². The van der Waals surface area contributed by atoms with Crippen LogP contribution in [0.2, 0.25) is 0 Å². The fourth-order valence-electron chi connectivity index (χ4n) is 10.9. The summed E-state index contributed by atoms with van der Waals surface area (Å²) in [5.41, 5.74) is 20.5. The van der Waals surface area contributed by atoms with Crippen molar-refractivity contribution in [2.45, 2.75) is 26.2 Å². The van der Waals surface area contributed by atoms with Gasteiger partial charge in [0.1, 0.15) is 0 Å². The summed E-state index contributed by atoms with van der Waals surface area (Å²) in [6.45, 7) is 14.9. The molecule has 374 valence electrons. The van der Waals surface area contributed by atoms with Crippen molar-refractivity contribution in [2.24, 2.45) is 0 Å². The van der Waals surface area contributed by atoms with E-state index < -0.39 is 0 Å². The molecule has 0 aliphatic rings. The number of hydrogen-bond acceptors (Lipinski definition) is 3. The van der Waals surface area contributed by atoms with E-state index in [4.69, 9.17) is 21.5 Å². The van der Waals surface area contributed by atoms with Crippen molar-refractivity contribution in [3.05, 3.63) is 284 Å². The van der Waals surface area contributed by atoms with Gasteiger partial charge in [0.15, 0.2) is 23.2 Å². The molecule has 0 saturated carbocycles. The fraction of sp³-hybridized carbons (Fsp3) is 0.0541. The summed E-state index contributed by atoms with van der Waals surface area (Å²) in [4.78, 5) is 20.3. The maximum absolute atomic E-state index is 8.13. The minimum absolute atomic E-state index is 0.0405. The highest BCUT2D eigenvalue weighted by molar-refractivity contribution is 6.13. The first kappa shape index (κ1) is 48.4. The summed E-state index contributed by atoms with van der Waals surface area (Å²) < 4.78 is 2.40. The monoisotopic (exact) mass is 1010 g/mol. The Kier molecular flexibility index (Phi) is 12.5. The molecule has 0 aliphatic heterocycles. The topological polar surface area (TPSA) is 48.0 Å². The van der Waals surface area contributed by atoms with Crippen LogP contribution in [0.3, 0.4) is 0 Å². The number of benzene rings is 11.